The van der Waals surface area contributed by atoms with Gasteiger partial charge < -0.3 is 9.84 Å². The number of carbonyl (C=O) groups excluding carboxylic acids is 1. The smallest absolute Gasteiger partial charge is 0.341 e. The highest BCUT2D eigenvalue weighted by Crippen LogP contribution is 2.23. The van der Waals surface area contributed by atoms with E-state index in [4.69, 9.17) is 4.74 Å². The van der Waals surface area contributed by atoms with E-state index in [2.05, 4.69) is 13.5 Å². The highest BCUT2D eigenvalue weighted by Gasteiger charge is 2.32. The van der Waals surface area contributed by atoms with E-state index in [0.717, 1.165) is 12.8 Å². The van der Waals surface area contributed by atoms with Crippen molar-refractivity contribution in [3.8, 4) is 0 Å². The fourth-order valence-electron chi connectivity index (χ4n) is 3.49. The molecule has 1 rings (SSSR count). The van der Waals surface area contributed by atoms with Gasteiger partial charge >= 0.3 is 5.97 Å². The minimum Gasteiger partial charge on any atom is -0.425 e. The molecule has 1 heterocycles. The number of aliphatic hydroxyl groups excluding tert-OH is 1. The molecule has 0 spiro atoms. The van der Waals surface area contributed by atoms with Crippen LogP contribution in [0, 0.1) is 0 Å². The van der Waals surface area contributed by atoms with Crippen LogP contribution in [-0.4, -0.2) is 17.2 Å². The number of hydrogen-bond donors (Lipinski definition) is 1. The van der Waals surface area contributed by atoms with Crippen molar-refractivity contribution in [2.45, 2.75) is 116 Å². The van der Waals surface area contributed by atoms with Gasteiger partial charge in [0.05, 0.1) is 5.57 Å². The zero-order valence-corrected chi connectivity index (χ0v) is 16.9. The van der Waals surface area contributed by atoms with Crippen molar-refractivity contribution in [2.24, 2.45) is 0 Å². The highest BCUT2D eigenvalue weighted by molar-refractivity contribution is 5.93. The van der Waals surface area contributed by atoms with Gasteiger partial charge in [-0.1, -0.05) is 109 Å². The van der Waals surface area contributed by atoms with Crippen LogP contribution in [0.25, 0.3) is 0 Å². The normalized spacial score (nSPS) is 18.7. The molecule has 1 aliphatic heterocycles. The SMILES string of the molecule is C=C1OC(=O)/C(=C\CCCCCCCCCCCCCCCCC)C1O. The van der Waals surface area contributed by atoms with E-state index >= 15 is 0 Å². The molecular weight excluding hydrogens is 324 g/mol. The largest absolute Gasteiger partial charge is 0.425 e. The molecule has 0 aliphatic carbocycles. The van der Waals surface area contributed by atoms with E-state index in [0.29, 0.717) is 5.57 Å². The molecule has 1 saturated heterocycles. The Morgan fingerprint density at radius 3 is 1.65 bits per heavy atom. The van der Waals surface area contributed by atoms with Gasteiger partial charge in [0.2, 0.25) is 0 Å². The predicted molar refractivity (Wildman–Crippen MR) is 109 cm³/mol. The molecule has 150 valence electrons. The summed E-state index contributed by atoms with van der Waals surface area (Å²) < 4.78 is 4.81. The van der Waals surface area contributed by atoms with Crippen molar-refractivity contribution in [1.82, 2.24) is 0 Å². The number of aliphatic hydroxyl groups is 1. The Hall–Kier alpha value is -1.09. The van der Waals surface area contributed by atoms with Crippen molar-refractivity contribution in [1.29, 1.82) is 0 Å². The summed E-state index contributed by atoms with van der Waals surface area (Å²) >= 11 is 0. The van der Waals surface area contributed by atoms with Crippen molar-refractivity contribution in [3.05, 3.63) is 24.0 Å². The molecule has 26 heavy (non-hydrogen) atoms. The number of allylic oxidation sites excluding steroid dienone is 1. The lowest BCUT2D eigenvalue weighted by Gasteiger charge is -2.03. The molecule has 1 unspecified atom stereocenters. The van der Waals surface area contributed by atoms with E-state index in [9.17, 15) is 9.90 Å². The molecule has 0 aromatic carbocycles. The molecule has 0 saturated carbocycles. The Morgan fingerprint density at radius 2 is 1.27 bits per heavy atom. The molecule has 1 aliphatic rings. The lowest BCUT2D eigenvalue weighted by molar-refractivity contribution is -0.132. The molecule has 3 heteroatoms. The highest BCUT2D eigenvalue weighted by atomic mass is 16.6. The van der Waals surface area contributed by atoms with Gasteiger partial charge in [0.25, 0.3) is 0 Å². The Morgan fingerprint density at radius 1 is 0.846 bits per heavy atom. The summed E-state index contributed by atoms with van der Waals surface area (Å²) in [6.07, 6.45) is 21.9. The number of rotatable bonds is 16. The van der Waals surface area contributed by atoms with Gasteiger partial charge in [-0.3, -0.25) is 0 Å². The van der Waals surface area contributed by atoms with Crippen LogP contribution in [0.5, 0.6) is 0 Å². The number of cyclic esters (lactones) is 1. The number of hydrogen-bond acceptors (Lipinski definition) is 3. The summed E-state index contributed by atoms with van der Waals surface area (Å²) in [4.78, 5) is 11.5. The molecule has 0 amide bonds. The Bertz CT molecular complexity index is 425. The number of ether oxygens (including phenoxy) is 1. The topological polar surface area (TPSA) is 46.5 Å². The average Bonchev–Trinajstić information content (AvgIpc) is 2.87. The summed E-state index contributed by atoms with van der Waals surface area (Å²) in [7, 11) is 0. The minimum atomic E-state index is -0.932. The van der Waals surface area contributed by atoms with Crippen LogP contribution in [0.2, 0.25) is 0 Å². The summed E-state index contributed by atoms with van der Waals surface area (Å²) in [6.45, 7) is 5.80. The maximum absolute atomic E-state index is 11.5. The first-order valence-electron chi connectivity index (χ1n) is 11.0. The van der Waals surface area contributed by atoms with Gasteiger partial charge in [-0.2, -0.15) is 0 Å². The zero-order chi connectivity index (χ0) is 19.0. The van der Waals surface area contributed by atoms with E-state index < -0.39 is 12.1 Å². The lowest BCUT2D eigenvalue weighted by Crippen LogP contribution is -2.07. The van der Waals surface area contributed by atoms with Crippen molar-refractivity contribution >= 4 is 5.97 Å². The van der Waals surface area contributed by atoms with Crippen molar-refractivity contribution in [3.63, 3.8) is 0 Å². The van der Waals surface area contributed by atoms with E-state index in [1.165, 1.54) is 89.9 Å². The van der Waals surface area contributed by atoms with Gasteiger partial charge in [0, 0.05) is 0 Å². The second-order valence-electron chi connectivity index (χ2n) is 7.66. The molecule has 0 aromatic rings. The Labute approximate surface area is 160 Å². The van der Waals surface area contributed by atoms with Gasteiger partial charge in [0.1, 0.15) is 11.9 Å². The van der Waals surface area contributed by atoms with Crippen LogP contribution >= 0.6 is 0 Å². The van der Waals surface area contributed by atoms with Crippen molar-refractivity contribution in [2.75, 3.05) is 0 Å². The van der Waals surface area contributed by atoms with Gasteiger partial charge in [0.15, 0.2) is 0 Å². The van der Waals surface area contributed by atoms with Gasteiger partial charge in [-0.05, 0) is 12.8 Å². The molecule has 0 radical (unpaired) electrons. The van der Waals surface area contributed by atoms with Crippen LogP contribution < -0.4 is 0 Å². The standard InChI is InChI=1S/C23H40O3/c1-3-4-5-6-7-8-9-10-11-12-13-14-15-16-17-18-19-21-22(24)20(2)26-23(21)25/h19,22,24H,2-18H2,1H3/b21-19-. The predicted octanol–water partition coefficient (Wildman–Crippen LogP) is 6.61. The lowest BCUT2D eigenvalue weighted by atomic mass is 10.0. The van der Waals surface area contributed by atoms with Crippen LogP contribution in [0.3, 0.4) is 0 Å². The van der Waals surface area contributed by atoms with Crippen LogP contribution in [0.4, 0.5) is 0 Å². The first-order valence-corrected chi connectivity index (χ1v) is 11.0. The quantitative estimate of drug-likeness (QED) is 0.190. The Balaban J connectivity index is 1.83. The van der Waals surface area contributed by atoms with E-state index in [1.54, 1.807) is 0 Å². The second-order valence-corrected chi connectivity index (χ2v) is 7.66. The third-order valence-corrected chi connectivity index (χ3v) is 5.23. The number of carbonyl (C=O) groups is 1. The summed E-state index contributed by atoms with van der Waals surface area (Å²) in [5.41, 5.74) is 0.361. The monoisotopic (exact) mass is 364 g/mol. The second kappa shape index (κ2) is 15.0. The molecule has 1 N–H and O–H groups in total. The van der Waals surface area contributed by atoms with E-state index in [-0.39, 0.29) is 5.76 Å². The van der Waals surface area contributed by atoms with Gasteiger partial charge in [-0.15, -0.1) is 0 Å². The maximum atomic E-state index is 11.5. The molecule has 0 bridgehead atoms. The third-order valence-electron chi connectivity index (χ3n) is 5.23. The van der Waals surface area contributed by atoms with Crippen LogP contribution in [0.15, 0.2) is 24.0 Å². The first kappa shape index (κ1) is 23.0. The minimum absolute atomic E-state index is 0.151. The van der Waals surface area contributed by atoms with Crippen LogP contribution in [0.1, 0.15) is 110 Å². The molecule has 0 aromatic heterocycles. The number of esters is 1. The van der Waals surface area contributed by atoms with Crippen LogP contribution in [-0.2, 0) is 9.53 Å². The Kier molecular flexibility index (Phi) is 13.3. The molecule has 3 nitrogen and oxygen atoms in total. The first-order chi connectivity index (χ1) is 12.7. The maximum Gasteiger partial charge on any atom is 0.341 e. The molecule has 1 fully saturated rings. The fraction of sp³-hybridized carbons (Fsp3) is 0.783. The number of unbranched alkanes of at least 4 members (excludes halogenated alkanes) is 15. The summed E-state index contributed by atoms with van der Waals surface area (Å²) in [5.74, 6) is -0.291. The van der Waals surface area contributed by atoms with Gasteiger partial charge in [-0.25, -0.2) is 4.79 Å². The molecule has 1 atom stereocenters. The summed E-state index contributed by atoms with van der Waals surface area (Å²) in [6, 6.07) is 0. The molecular formula is C23H40O3. The third kappa shape index (κ3) is 10.2. The fourth-order valence-corrected chi connectivity index (χ4v) is 3.49. The van der Waals surface area contributed by atoms with E-state index in [1.807, 2.05) is 6.08 Å². The zero-order valence-electron chi connectivity index (χ0n) is 16.9. The van der Waals surface area contributed by atoms with Crippen molar-refractivity contribution < 1.29 is 14.6 Å². The summed E-state index contributed by atoms with van der Waals surface area (Å²) in [5, 5.41) is 9.74. The average molecular weight is 365 g/mol.